The molecule has 32 heavy (non-hydrogen) atoms. The second-order valence-corrected chi connectivity index (χ2v) is 8.19. The van der Waals surface area contributed by atoms with E-state index in [1.165, 1.54) is 5.56 Å². The molecule has 1 atom stereocenters. The minimum Gasteiger partial charge on any atom is -0.374 e. The fraction of sp³-hybridized carbons (Fsp3) is 0.259. The number of fused-ring (bicyclic) bond motifs is 1. The number of ether oxygens (including phenoxy) is 1. The number of aryl methyl sites for hydroxylation is 1. The van der Waals surface area contributed by atoms with Gasteiger partial charge in [-0.25, -0.2) is 4.98 Å². The lowest BCUT2D eigenvalue weighted by molar-refractivity contribution is 0.0189. The number of rotatable bonds is 5. The van der Waals surface area contributed by atoms with E-state index in [-0.39, 0.29) is 6.10 Å². The van der Waals surface area contributed by atoms with Gasteiger partial charge in [-0.15, -0.1) is 0 Å². The molecule has 5 heteroatoms. The zero-order chi connectivity index (χ0) is 21.9. The minimum absolute atomic E-state index is 0.152. The SMILES string of the molecule is CCc1ccc(-c2nc3ccn(CC4CNCCO4)c3cc2-c2ccc(C#N)cc2)cc1. The highest BCUT2D eigenvalue weighted by Gasteiger charge is 2.18. The van der Waals surface area contributed by atoms with Crippen molar-refractivity contribution < 1.29 is 4.74 Å². The minimum atomic E-state index is 0.152. The number of nitrogens with one attached hydrogen (secondary N) is 1. The summed E-state index contributed by atoms with van der Waals surface area (Å²) in [7, 11) is 0. The van der Waals surface area contributed by atoms with Crippen LogP contribution in [0.15, 0.2) is 66.9 Å². The van der Waals surface area contributed by atoms with E-state index < -0.39 is 0 Å². The van der Waals surface area contributed by atoms with Crippen LogP contribution in [0.5, 0.6) is 0 Å². The van der Waals surface area contributed by atoms with E-state index >= 15 is 0 Å². The van der Waals surface area contributed by atoms with Crippen LogP contribution in [0, 0.1) is 11.3 Å². The second-order valence-electron chi connectivity index (χ2n) is 8.19. The van der Waals surface area contributed by atoms with E-state index in [0.29, 0.717) is 5.56 Å². The number of nitrogens with zero attached hydrogens (tertiary/aromatic N) is 3. The molecule has 1 aliphatic heterocycles. The quantitative estimate of drug-likeness (QED) is 0.502. The molecule has 5 rings (SSSR count). The zero-order valence-corrected chi connectivity index (χ0v) is 18.2. The van der Waals surface area contributed by atoms with Crippen LogP contribution in [-0.4, -0.2) is 35.4 Å². The Morgan fingerprint density at radius 2 is 1.88 bits per heavy atom. The van der Waals surface area contributed by atoms with Crippen LogP contribution in [0.3, 0.4) is 0 Å². The lowest BCUT2D eigenvalue weighted by Crippen LogP contribution is -2.40. The Morgan fingerprint density at radius 1 is 1.09 bits per heavy atom. The second kappa shape index (κ2) is 8.96. The van der Waals surface area contributed by atoms with Crippen LogP contribution in [0.4, 0.5) is 0 Å². The van der Waals surface area contributed by atoms with E-state index in [1.54, 1.807) is 0 Å². The maximum absolute atomic E-state index is 9.20. The van der Waals surface area contributed by atoms with Crippen molar-refractivity contribution in [2.45, 2.75) is 26.0 Å². The number of aromatic nitrogens is 2. The van der Waals surface area contributed by atoms with Crippen LogP contribution in [-0.2, 0) is 17.7 Å². The molecule has 1 saturated heterocycles. The van der Waals surface area contributed by atoms with Gasteiger partial charge < -0.3 is 14.6 Å². The number of pyridine rings is 1. The number of hydrogen-bond acceptors (Lipinski definition) is 4. The van der Waals surface area contributed by atoms with Gasteiger partial charge in [0.1, 0.15) is 0 Å². The number of hydrogen-bond donors (Lipinski definition) is 1. The van der Waals surface area contributed by atoms with Crippen molar-refractivity contribution in [1.29, 1.82) is 5.26 Å². The third-order valence-electron chi connectivity index (χ3n) is 6.12. The van der Waals surface area contributed by atoms with Crippen molar-refractivity contribution in [3.63, 3.8) is 0 Å². The van der Waals surface area contributed by atoms with E-state index in [1.807, 2.05) is 24.3 Å². The molecular formula is C27H26N4O. The highest BCUT2D eigenvalue weighted by atomic mass is 16.5. The summed E-state index contributed by atoms with van der Waals surface area (Å²) in [6.45, 7) is 5.47. The maximum Gasteiger partial charge on any atom is 0.0991 e. The van der Waals surface area contributed by atoms with Gasteiger partial charge in [0.05, 0.1) is 47.6 Å². The van der Waals surface area contributed by atoms with Crippen molar-refractivity contribution in [2.24, 2.45) is 0 Å². The molecule has 3 heterocycles. The Labute approximate surface area is 188 Å². The molecule has 4 aromatic rings. The van der Waals surface area contributed by atoms with Gasteiger partial charge in [0.15, 0.2) is 0 Å². The molecule has 1 fully saturated rings. The third kappa shape index (κ3) is 4.03. The maximum atomic E-state index is 9.20. The summed E-state index contributed by atoms with van der Waals surface area (Å²) in [5.41, 5.74) is 8.19. The molecule has 0 bridgehead atoms. The monoisotopic (exact) mass is 422 g/mol. The molecule has 2 aromatic heterocycles. The molecule has 0 radical (unpaired) electrons. The molecule has 2 aromatic carbocycles. The lowest BCUT2D eigenvalue weighted by Gasteiger charge is -2.24. The van der Waals surface area contributed by atoms with Gasteiger partial charge in [0, 0.05) is 30.4 Å². The van der Waals surface area contributed by atoms with Crippen LogP contribution < -0.4 is 5.32 Å². The number of nitriles is 1. The largest absolute Gasteiger partial charge is 0.374 e. The average molecular weight is 423 g/mol. The summed E-state index contributed by atoms with van der Waals surface area (Å²) in [5, 5.41) is 12.6. The van der Waals surface area contributed by atoms with Crippen LogP contribution in [0.25, 0.3) is 33.4 Å². The standard InChI is InChI=1S/C27H26N4O/c1-2-19-3-9-22(10-4-19)27-24(21-7-5-20(16-28)6-8-21)15-26-25(30-27)11-13-31(26)18-23-17-29-12-14-32-23/h3-11,13,15,23,29H,2,12,14,17-18H2,1H3. The summed E-state index contributed by atoms with van der Waals surface area (Å²) in [5.74, 6) is 0. The van der Waals surface area contributed by atoms with Crippen LogP contribution >= 0.6 is 0 Å². The molecule has 160 valence electrons. The molecule has 1 aliphatic rings. The molecule has 0 aliphatic carbocycles. The highest BCUT2D eigenvalue weighted by Crippen LogP contribution is 2.34. The Bertz CT molecular complexity index is 1260. The first kappa shape index (κ1) is 20.4. The zero-order valence-electron chi connectivity index (χ0n) is 18.2. The molecule has 5 nitrogen and oxygen atoms in total. The predicted octanol–water partition coefficient (Wildman–Crippen LogP) is 4.79. The molecule has 1 unspecified atom stereocenters. The normalized spacial score (nSPS) is 16.2. The van der Waals surface area contributed by atoms with Crippen LogP contribution in [0.1, 0.15) is 18.1 Å². The summed E-state index contributed by atoms with van der Waals surface area (Å²) >= 11 is 0. The first-order valence-electron chi connectivity index (χ1n) is 11.2. The van der Waals surface area contributed by atoms with Crippen molar-refractivity contribution in [3.05, 3.63) is 78.0 Å². The first-order chi connectivity index (χ1) is 15.7. The van der Waals surface area contributed by atoms with E-state index in [0.717, 1.165) is 66.1 Å². The Balaban J connectivity index is 1.62. The predicted molar refractivity (Wildman–Crippen MR) is 127 cm³/mol. The van der Waals surface area contributed by atoms with Gasteiger partial charge in [-0.1, -0.05) is 43.3 Å². The Morgan fingerprint density at radius 3 is 2.56 bits per heavy atom. The topological polar surface area (TPSA) is 62.9 Å². The van der Waals surface area contributed by atoms with Gasteiger partial charge in [-0.05, 0) is 41.8 Å². The summed E-state index contributed by atoms with van der Waals surface area (Å²) in [4.78, 5) is 5.09. The fourth-order valence-electron chi connectivity index (χ4n) is 4.29. The van der Waals surface area contributed by atoms with Crippen LogP contribution in [0.2, 0.25) is 0 Å². The molecule has 0 amide bonds. The number of morpholine rings is 1. The highest BCUT2D eigenvalue weighted by molar-refractivity contribution is 5.90. The van der Waals surface area contributed by atoms with Gasteiger partial charge in [0.2, 0.25) is 0 Å². The van der Waals surface area contributed by atoms with E-state index in [4.69, 9.17) is 9.72 Å². The van der Waals surface area contributed by atoms with E-state index in [9.17, 15) is 5.26 Å². The third-order valence-corrected chi connectivity index (χ3v) is 6.12. The van der Waals surface area contributed by atoms with Crippen molar-refractivity contribution in [2.75, 3.05) is 19.7 Å². The Hall–Kier alpha value is -3.46. The Kier molecular flexibility index (Phi) is 5.72. The van der Waals surface area contributed by atoms with Gasteiger partial charge in [-0.3, -0.25) is 0 Å². The van der Waals surface area contributed by atoms with Gasteiger partial charge in [-0.2, -0.15) is 5.26 Å². The summed E-state index contributed by atoms with van der Waals surface area (Å²) < 4.78 is 8.15. The summed E-state index contributed by atoms with van der Waals surface area (Å²) in [6.07, 6.45) is 3.26. The van der Waals surface area contributed by atoms with E-state index in [2.05, 4.69) is 65.5 Å². The van der Waals surface area contributed by atoms with Crippen molar-refractivity contribution in [3.8, 4) is 28.5 Å². The molecule has 1 N–H and O–H groups in total. The van der Waals surface area contributed by atoms with Crippen molar-refractivity contribution in [1.82, 2.24) is 14.9 Å². The van der Waals surface area contributed by atoms with Gasteiger partial charge in [0.25, 0.3) is 0 Å². The smallest absolute Gasteiger partial charge is 0.0991 e. The molecule has 0 spiro atoms. The van der Waals surface area contributed by atoms with Crippen molar-refractivity contribution >= 4 is 11.0 Å². The molecular weight excluding hydrogens is 396 g/mol. The fourth-order valence-corrected chi connectivity index (χ4v) is 4.29. The number of benzene rings is 2. The first-order valence-corrected chi connectivity index (χ1v) is 11.2. The average Bonchev–Trinajstić information content (AvgIpc) is 3.25. The molecule has 0 saturated carbocycles. The van der Waals surface area contributed by atoms with Gasteiger partial charge >= 0.3 is 0 Å². The lowest BCUT2D eigenvalue weighted by atomic mass is 9.97. The summed E-state index contributed by atoms with van der Waals surface area (Å²) in [6, 6.07) is 22.9.